The number of aromatic nitrogens is 2. The molecule has 0 spiro atoms. The lowest BCUT2D eigenvalue weighted by molar-refractivity contribution is -0.149. The number of amides is 1. The molecule has 0 bridgehead atoms. The van der Waals surface area contributed by atoms with Gasteiger partial charge in [-0.1, -0.05) is 44.5 Å². The second-order valence-electron chi connectivity index (χ2n) is 8.43. The summed E-state index contributed by atoms with van der Waals surface area (Å²) >= 11 is 6.46. The Morgan fingerprint density at radius 1 is 1.26 bits per heavy atom. The summed E-state index contributed by atoms with van der Waals surface area (Å²) in [4.78, 5) is 27.8. The molecule has 31 heavy (non-hydrogen) atoms. The van der Waals surface area contributed by atoms with E-state index in [-0.39, 0.29) is 17.8 Å². The third-order valence-electron chi connectivity index (χ3n) is 5.61. The van der Waals surface area contributed by atoms with Gasteiger partial charge < -0.3 is 9.64 Å². The number of para-hydroxylation sites is 1. The van der Waals surface area contributed by atoms with Gasteiger partial charge in [-0.05, 0) is 50.7 Å². The van der Waals surface area contributed by atoms with Crippen molar-refractivity contribution < 1.29 is 14.3 Å². The maximum atomic E-state index is 13.7. The molecule has 2 aromatic rings. The van der Waals surface area contributed by atoms with Crippen LogP contribution in [0.2, 0.25) is 5.02 Å². The summed E-state index contributed by atoms with van der Waals surface area (Å²) in [5.74, 6) is -0.195. The van der Waals surface area contributed by atoms with Gasteiger partial charge >= 0.3 is 5.97 Å². The summed E-state index contributed by atoms with van der Waals surface area (Å²) in [6.45, 7) is 9.44. The molecule has 1 aliphatic rings. The van der Waals surface area contributed by atoms with E-state index in [1.807, 2.05) is 35.9 Å². The number of rotatable bonds is 7. The average Bonchev–Trinajstić information content (AvgIpc) is 3.10. The molecule has 7 heteroatoms. The number of piperidine rings is 1. The topological polar surface area (TPSA) is 64.4 Å². The highest BCUT2D eigenvalue weighted by Crippen LogP contribution is 2.29. The zero-order valence-corrected chi connectivity index (χ0v) is 19.6. The average molecular weight is 446 g/mol. The van der Waals surface area contributed by atoms with E-state index in [4.69, 9.17) is 21.4 Å². The summed E-state index contributed by atoms with van der Waals surface area (Å²) in [6, 6.07) is 7.54. The number of carbonyl (C=O) groups excluding carboxylic acids is 2. The third kappa shape index (κ3) is 5.12. The number of hydrogen-bond acceptors (Lipinski definition) is 4. The van der Waals surface area contributed by atoms with Crippen molar-refractivity contribution in [1.29, 1.82) is 0 Å². The maximum absolute atomic E-state index is 13.7. The minimum Gasteiger partial charge on any atom is -0.466 e. The van der Waals surface area contributed by atoms with Gasteiger partial charge in [0.25, 0.3) is 5.91 Å². The van der Waals surface area contributed by atoms with Crippen molar-refractivity contribution in [2.45, 2.75) is 53.4 Å². The van der Waals surface area contributed by atoms with Crippen LogP contribution in [0.25, 0.3) is 5.69 Å². The minimum atomic E-state index is -0.269. The number of hydrogen-bond donors (Lipinski definition) is 0. The highest BCUT2D eigenvalue weighted by molar-refractivity contribution is 6.32. The van der Waals surface area contributed by atoms with Gasteiger partial charge in [-0.25, -0.2) is 4.68 Å². The molecule has 1 aliphatic heterocycles. The lowest BCUT2D eigenvalue weighted by atomic mass is 9.96. The molecule has 1 amide bonds. The number of nitrogens with zero attached hydrogens (tertiary/aromatic N) is 3. The van der Waals surface area contributed by atoms with Crippen molar-refractivity contribution in [1.82, 2.24) is 14.7 Å². The van der Waals surface area contributed by atoms with Crippen LogP contribution in [0.1, 0.15) is 62.3 Å². The Hall–Kier alpha value is -2.34. The van der Waals surface area contributed by atoms with Crippen LogP contribution in [0.3, 0.4) is 0 Å². The van der Waals surface area contributed by atoms with E-state index < -0.39 is 0 Å². The van der Waals surface area contributed by atoms with Crippen LogP contribution < -0.4 is 0 Å². The van der Waals surface area contributed by atoms with Gasteiger partial charge in [0.2, 0.25) is 0 Å². The molecule has 1 unspecified atom stereocenters. The van der Waals surface area contributed by atoms with Gasteiger partial charge in [-0.3, -0.25) is 9.59 Å². The lowest BCUT2D eigenvalue weighted by Gasteiger charge is -2.31. The number of esters is 1. The fourth-order valence-electron chi connectivity index (χ4n) is 4.20. The Bertz CT molecular complexity index is 938. The van der Waals surface area contributed by atoms with Crippen molar-refractivity contribution in [2.75, 3.05) is 19.7 Å². The molecule has 0 saturated carbocycles. The van der Waals surface area contributed by atoms with E-state index in [0.717, 1.165) is 29.9 Å². The highest BCUT2D eigenvalue weighted by atomic mass is 35.5. The van der Waals surface area contributed by atoms with Crippen LogP contribution in [-0.2, 0) is 22.4 Å². The lowest BCUT2D eigenvalue weighted by Crippen LogP contribution is -2.43. The molecule has 1 aromatic carbocycles. The fourth-order valence-corrected chi connectivity index (χ4v) is 4.42. The van der Waals surface area contributed by atoms with Crippen molar-refractivity contribution in [3.05, 3.63) is 46.2 Å². The largest absolute Gasteiger partial charge is 0.466 e. The normalized spacial score (nSPS) is 16.6. The predicted octanol–water partition coefficient (Wildman–Crippen LogP) is 4.70. The van der Waals surface area contributed by atoms with Gasteiger partial charge in [-0.2, -0.15) is 5.10 Å². The summed E-state index contributed by atoms with van der Waals surface area (Å²) in [6.07, 6.45) is 2.88. The van der Waals surface area contributed by atoms with Crippen LogP contribution in [-0.4, -0.2) is 46.3 Å². The van der Waals surface area contributed by atoms with E-state index in [1.54, 1.807) is 11.8 Å². The van der Waals surface area contributed by atoms with Gasteiger partial charge in [0, 0.05) is 13.1 Å². The van der Waals surface area contributed by atoms with Crippen LogP contribution in [0, 0.1) is 11.8 Å². The molecule has 0 radical (unpaired) electrons. The Balaban J connectivity index is 2.01. The van der Waals surface area contributed by atoms with Gasteiger partial charge in [0.15, 0.2) is 0 Å². The van der Waals surface area contributed by atoms with E-state index in [0.29, 0.717) is 49.0 Å². The smallest absolute Gasteiger partial charge is 0.310 e. The molecule has 0 N–H and O–H groups in total. The number of carbonyl (C=O) groups is 2. The van der Waals surface area contributed by atoms with Crippen LogP contribution in [0.4, 0.5) is 0 Å². The second kappa shape index (κ2) is 10.3. The van der Waals surface area contributed by atoms with Crippen molar-refractivity contribution in [2.24, 2.45) is 11.8 Å². The fraction of sp³-hybridized carbons (Fsp3) is 0.542. The number of halogens is 1. The first-order valence-corrected chi connectivity index (χ1v) is 11.6. The summed E-state index contributed by atoms with van der Waals surface area (Å²) < 4.78 is 7.02. The van der Waals surface area contributed by atoms with E-state index in [9.17, 15) is 9.59 Å². The molecule has 2 heterocycles. The Kier molecular flexibility index (Phi) is 7.76. The third-order valence-corrected chi connectivity index (χ3v) is 5.93. The summed E-state index contributed by atoms with van der Waals surface area (Å²) in [5.41, 5.74) is 3.07. The van der Waals surface area contributed by atoms with E-state index in [1.165, 1.54) is 0 Å². The summed E-state index contributed by atoms with van der Waals surface area (Å²) in [5, 5.41) is 5.44. The first-order chi connectivity index (χ1) is 14.9. The van der Waals surface area contributed by atoms with E-state index >= 15 is 0 Å². The molecule has 0 aliphatic carbocycles. The maximum Gasteiger partial charge on any atom is 0.310 e. The van der Waals surface area contributed by atoms with Crippen molar-refractivity contribution in [3.63, 3.8) is 0 Å². The van der Waals surface area contributed by atoms with Crippen molar-refractivity contribution in [3.8, 4) is 5.69 Å². The zero-order chi connectivity index (χ0) is 22.5. The first kappa shape index (κ1) is 23.3. The monoisotopic (exact) mass is 445 g/mol. The molecule has 1 aromatic heterocycles. The first-order valence-electron chi connectivity index (χ1n) is 11.2. The number of ether oxygens (including phenoxy) is 1. The SMILES string of the molecule is CCOC(=O)C1CCCN(C(=O)c2c(CC(C)C)nn(-c3ccccc3Cl)c2CC)C1. The molecule has 6 nitrogen and oxygen atoms in total. The quantitative estimate of drug-likeness (QED) is 0.579. The molecular formula is C24H32ClN3O3. The van der Waals surface area contributed by atoms with E-state index in [2.05, 4.69) is 13.8 Å². The predicted molar refractivity (Wildman–Crippen MR) is 122 cm³/mol. The minimum absolute atomic E-state index is 0.0557. The molecule has 1 atom stereocenters. The van der Waals surface area contributed by atoms with Crippen LogP contribution >= 0.6 is 11.6 Å². The van der Waals surface area contributed by atoms with Gasteiger partial charge in [0.05, 0.1) is 40.2 Å². The molecule has 1 fully saturated rings. The van der Waals surface area contributed by atoms with Gasteiger partial charge in [0.1, 0.15) is 0 Å². The van der Waals surface area contributed by atoms with Crippen LogP contribution in [0.15, 0.2) is 24.3 Å². The van der Waals surface area contributed by atoms with Crippen molar-refractivity contribution >= 4 is 23.5 Å². The zero-order valence-electron chi connectivity index (χ0n) is 18.9. The molecule has 1 saturated heterocycles. The van der Waals surface area contributed by atoms with Gasteiger partial charge in [-0.15, -0.1) is 0 Å². The van der Waals surface area contributed by atoms with Crippen LogP contribution in [0.5, 0.6) is 0 Å². The highest BCUT2D eigenvalue weighted by Gasteiger charge is 2.33. The molecular weight excluding hydrogens is 414 g/mol. The second-order valence-corrected chi connectivity index (χ2v) is 8.83. The number of likely N-dealkylation sites (tertiary alicyclic amines) is 1. The Morgan fingerprint density at radius 3 is 2.65 bits per heavy atom. The Morgan fingerprint density at radius 2 is 2.00 bits per heavy atom. The standard InChI is InChI=1S/C24H32ClN3O3/c1-5-20-22(23(29)27-13-9-10-17(15-27)24(30)31-6-2)19(14-16(3)4)26-28(20)21-12-8-7-11-18(21)25/h7-8,11-12,16-17H,5-6,9-10,13-15H2,1-4H3. The molecule has 168 valence electrons. The molecule has 3 rings (SSSR count). The summed E-state index contributed by atoms with van der Waals surface area (Å²) in [7, 11) is 0. The number of benzene rings is 1. The Labute approximate surface area is 189 Å².